The molecule has 4 nitrogen and oxygen atoms in total. The van der Waals surface area contributed by atoms with Gasteiger partial charge in [-0.05, 0) is 36.4 Å². The molecule has 112 valence electrons. The number of aliphatic hydroxyl groups is 1. The Morgan fingerprint density at radius 1 is 1.19 bits per heavy atom. The van der Waals surface area contributed by atoms with Crippen molar-refractivity contribution in [1.82, 2.24) is 4.98 Å². The van der Waals surface area contributed by atoms with Gasteiger partial charge in [-0.2, -0.15) is 0 Å². The molecule has 0 radical (unpaired) electrons. The number of pyridine rings is 1. The molecule has 2 atom stereocenters. The monoisotopic (exact) mass is 290 g/mol. The number of hydrogen-bond donors (Lipinski definition) is 2. The fourth-order valence-corrected chi connectivity index (χ4v) is 2.20. The van der Waals surface area contributed by atoms with E-state index >= 15 is 0 Å². The number of aliphatic hydroxyl groups excluding tert-OH is 1. The van der Waals surface area contributed by atoms with Gasteiger partial charge in [0.2, 0.25) is 0 Å². The van der Waals surface area contributed by atoms with Crippen LogP contribution in [0.4, 0.5) is 10.1 Å². The first kappa shape index (κ1) is 15.3. The average molecular weight is 290 g/mol. The highest BCUT2D eigenvalue weighted by Gasteiger charge is 2.19. The molecule has 1 heterocycles. The van der Waals surface area contributed by atoms with Gasteiger partial charge in [-0.15, -0.1) is 0 Å². The van der Waals surface area contributed by atoms with Gasteiger partial charge in [0.15, 0.2) is 0 Å². The SMILES string of the molecule is CC(CN(C)c1ccc(O)cc1)C(O)c1ccc(F)cn1. The third kappa shape index (κ3) is 3.92. The lowest BCUT2D eigenvalue weighted by atomic mass is 10.0. The first-order chi connectivity index (χ1) is 9.97. The van der Waals surface area contributed by atoms with Crippen molar-refractivity contribution in [2.24, 2.45) is 5.92 Å². The summed E-state index contributed by atoms with van der Waals surface area (Å²) in [6.45, 7) is 2.51. The van der Waals surface area contributed by atoms with E-state index in [1.807, 2.05) is 31.0 Å². The number of hydrogen-bond acceptors (Lipinski definition) is 4. The summed E-state index contributed by atoms with van der Waals surface area (Å²) in [6.07, 6.45) is 0.347. The van der Waals surface area contributed by atoms with E-state index in [1.165, 1.54) is 12.1 Å². The molecule has 0 amide bonds. The summed E-state index contributed by atoms with van der Waals surface area (Å²) in [4.78, 5) is 5.90. The van der Waals surface area contributed by atoms with Gasteiger partial charge in [0.1, 0.15) is 17.7 Å². The Hall–Kier alpha value is -2.14. The summed E-state index contributed by atoms with van der Waals surface area (Å²) in [7, 11) is 1.91. The Labute approximate surface area is 123 Å². The zero-order valence-corrected chi connectivity index (χ0v) is 12.1. The number of phenols is 1. The quantitative estimate of drug-likeness (QED) is 0.889. The lowest BCUT2D eigenvalue weighted by Crippen LogP contribution is -2.27. The van der Waals surface area contributed by atoms with Crippen LogP contribution in [0.25, 0.3) is 0 Å². The van der Waals surface area contributed by atoms with Crippen LogP contribution in [0.5, 0.6) is 5.75 Å². The minimum Gasteiger partial charge on any atom is -0.508 e. The summed E-state index contributed by atoms with van der Waals surface area (Å²) in [6, 6.07) is 9.65. The standard InChI is InChI=1S/C16H19FN2O2/c1-11(16(21)15-8-3-12(17)9-18-15)10-19(2)13-4-6-14(20)7-5-13/h3-9,11,16,20-21H,10H2,1-2H3. The number of anilines is 1. The molecular weight excluding hydrogens is 271 g/mol. The second-order valence-electron chi connectivity index (χ2n) is 5.22. The normalized spacial score (nSPS) is 13.7. The zero-order chi connectivity index (χ0) is 15.4. The molecule has 1 aromatic heterocycles. The van der Waals surface area contributed by atoms with Crippen molar-refractivity contribution in [2.75, 3.05) is 18.5 Å². The Kier molecular flexibility index (Phi) is 4.75. The maximum atomic E-state index is 12.8. The maximum Gasteiger partial charge on any atom is 0.141 e. The van der Waals surface area contributed by atoms with Crippen LogP contribution in [-0.4, -0.2) is 28.8 Å². The summed E-state index contributed by atoms with van der Waals surface area (Å²) in [5.41, 5.74) is 1.40. The highest BCUT2D eigenvalue weighted by atomic mass is 19.1. The van der Waals surface area contributed by atoms with Gasteiger partial charge in [0.05, 0.1) is 11.9 Å². The Bertz CT molecular complexity index is 572. The predicted molar refractivity (Wildman–Crippen MR) is 79.7 cm³/mol. The molecule has 2 unspecified atom stereocenters. The second-order valence-corrected chi connectivity index (χ2v) is 5.22. The largest absolute Gasteiger partial charge is 0.508 e. The van der Waals surface area contributed by atoms with Gasteiger partial charge in [-0.1, -0.05) is 6.92 Å². The third-order valence-corrected chi connectivity index (χ3v) is 3.44. The number of benzene rings is 1. The molecule has 1 aromatic carbocycles. The molecule has 0 aliphatic rings. The second kappa shape index (κ2) is 6.54. The van der Waals surface area contributed by atoms with Crippen LogP contribution in [0.15, 0.2) is 42.6 Å². The topological polar surface area (TPSA) is 56.6 Å². The molecule has 21 heavy (non-hydrogen) atoms. The molecule has 2 aromatic rings. The molecule has 0 saturated heterocycles. The number of aromatic hydroxyl groups is 1. The van der Waals surface area contributed by atoms with E-state index in [4.69, 9.17) is 0 Å². The predicted octanol–water partition coefficient (Wildman–Crippen LogP) is 2.73. The van der Waals surface area contributed by atoms with Gasteiger partial charge in [-0.3, -0.25) is 4.98 Å². The van der Waals surface area contributed by atoms with Crippen molar-refractivity contribution >= 4 is 5.69 Å². The molecule has 0 saturated carbocycles. The number of aromatic nitrogens is 1. The van der Waals surface area contributed by atoms with E-state index in [-0.39, 0.29) is 11.7 Å². The number of phenolic OH excluding ortho intramolecular Hbond substituents is 1. The van der Waals surface area contributed by atoms with Crippen molar-refractivity contribution in [3.8, 4) is 5.75 Å². The Morgan fingerprint density at radius 2 is 1.86 bits per heavy atom. The van der Waals surface area contributed by atoms with Gasteiger partial charge in [0.25, 0.3) is 0 Å². The van der Waals surface area contributed by atoms with Gasteiger partial charge in [-0.25, -0.2) is 4.39 Å². The minimum atomic E-state index is -0.759. The highest BCUT2D eigenvalue weighted by Crippen LogP contribution is 2.24. The molecule has 0 bridgehead atoms. The van der Waals surface area contributed by atoms with Gasteiger partial charge >= 0.3 is 0 Å². The van der Waals surface area contributed by atoms with Crippen LogP contribution in [0.1, 0.15) is 18.7 Å². The van der Waals surface area contributed by atoms with E-state index < -0.39 is 11.9 Å². The lowest BCUT2D eigenvalue weighted by molar-refractivity contribution is 0.116. The fourth-order valence-electron chi connectivity index (χ4n) is 2.20. The zero-order valence-electron chi connectivity index (χ0n) is 12.1. The van der Waals surface area contributed by atoms with Crippen LogP contribution in [0.3, 0.4) is 0 Å². The average Bonchev–Trinajstić information content (AvgIpc) is 2.47. The Balaban J connectivity index is 2.01. The molecule has 0 aliphatic carbocycles. The van der Waals surface area contributed by atoms with Crippen molar-refractivity contribution in [3.63, 3.8) is 0 Å². The van der Waals surface area contributed by atoms with Crippen LogP contribution in [-0.2, 0) is 0 Å². The van der Waals surface area contributed by atoms with E-state index in [9.17, 15) is 14.6 Å². The molecule has 2 rings (SSSR count). The summed E-state index contributed by atoms with van der Waals surface area (Å²) in [5.74, 6) is -0.280. The first-order valence-electron chi connectivity index (χ1n) is 6.77. The van der Waals surface area contributed by atoms with Crippen molar-refractivity contribution < 1.29 is 14.6 Å². The summed E-state index contributed by atoms with van der Waals surface area (Å²) >= 11 is 0. The molecule has 0 spiro atoms. The van der Waals surface area contributed by atoms with E-state index in [0.717, 1.165) is 11.9 Å². The van der Waals surface area contributed by atoms with Crippen molar-refractivity contribution in [2.45, 2.75) is 13.0 Å². The highest BCUT2D eigenvalue weighted by molar-refractivity contribution is 5.48. The molecular formula is C16H19FN2O2. The fraction of sp³-hybridized carbons (Fsp3) is 0.312. The summed E-state index contributed by atoms with van der Waals surface area (Å²) < 4.78 is 12.8. The molecule has 0 fully saturated rings. The maximum absolute atomic E-state index is 12.8. The smallest absolute Gasteiger partial charge is 0.141 e. The van der Waals surface area contributed by atoms with E-state index in [0.29, 0.717) is 12.2 Å². The molecule has 5 heteroatoms. The first-order valence-corrected chi connectivity index (χ1v) is 6.77. The lowest BCUT2D eigenvalue weighted by Gasteiger charge is -2.26. The number of halogens is 1. The molecule has 0 aliphatic heterocycles. The Morgan fingerprint density at radius 3 is 2.43 bits per heavy atom. The number of nitrogens with zero attached hydrogens (tertiary/aromatic N) is 2. The number of rotatable bonds is 5. The van der Waals surface area contributed by atoms with Crippen LogP contribution in [0.2, 0.25) is 0 Å². The van der Waals surface area contributed by atoms with Crippen molar-refractivity contribution in [1.29, 1.82) is 0 Å². The third-order valence-electron chi connectivity index (χ3n) is 3.44. The minimum absolute atomic E-state index is 0.0817. The van der Waals surface area contributed by atoms with E-state index in [2.05, 4.69) is 4.98 Å². The summed E-state index contributed by atoms with van der Waals surface area (Å²) in [5, 5.41) is 19.6. The van der Waals surface area contributed by atoms with Crippen molar-refractivity contribution in [3.05, 3.63) is 54.1 Å². The van der Waals surface area contributed by atoms with Crippen LogP contribution < -0.4 is 4.90 Å². The van der Waals surface area contributed by atoms with Crippen LogP contribution in [0, 0.1) is 11.7 Å². The van der Waals surface area contributed by atoms with Gasteiger partial charge in [0, 0.05) is 25.2 Å². The van der Waals surface area contributed by atoms with Crippen LogP contribution >= 0.6 is 0 Å². The van der Waals surface area contributed by atoms with Gasteiger partial charge < -0.3 is 15.1 Å². The molecule has 2 N–H and O–H groups in total. The van der Waals surface area contributed by atoms with E-state index in [1.54, 1.807) is 12.1 Å².